The molecule has 0 aliphatic rings. The number of aryl methyl sites for hydroxylation is 1. The minimum absolute atomic E-state index is 0.0361. The number of rotatable bonds is 6. The van der Waals surface area contributed by atoms with Gasteiger partial charge in [-0.2, -0.15) is 5.10 Å². The third-order valence-corrected chi connectivity index (χ3v) is 6.45. The van der Waals surface area contributed by atoms with Gasteiger partial charge in [-0.3, -0.25) is 9.59 Å². The van der Waals surface area contributed by atoms with Gasteiger partial charge in [-0.05, 0) is 50.2 Å². The molecule has 0 atom stereocenters. The molecule has 34 heavy (non-hydrogen) atoms. The van der Waals surface area contributed by atoms with Crippen molar-refractivity contribution in [2.75, 3.05) is 0 Å². The fourth-order valence-electron chi connectivity index (χ4n) is 3.95. The molecule has 0 amide bonds. The fraction of sp³-hybridized carbons (Fsp3) is 0.130. The molecule has 4 rings (SSSR count). The zero-order chi connectivity index (χ0) is 24.8. The molecule has 4 aromatic rings. The number of hydrogen-bond acceptors (Lipinski definition) is 6. The number of nitrogens with two attached hydrogens (primary N) is 1. The van der Waals surface area contributed by atoms with Gasteiger partial charge in [0, 0.05) is 28.0 Å². The van der Waals surface area contributed by atoms with Crippen LogP contribution < -0.4 is 10.7 Å². The third-order valence-electron chi connectivity index (χ3n) is 5.52. The number of carboxylic acids is 1. The molecule has 0 aliphatic carbocycles. The van der Waals surface area contributed by atoms with Crippen LogP contribution in [0.4, 0.5) is 0 Å². The van der Waals surface area contributed by atoms with Crippen LogP contribution in [0.25, 0.3) is 16.5 Å². The summed E-state index contributed by atoms with van der Waals surface area (Å²) in [5, 5.41) is 18.9. The van der Waals surface area contributed by atoms with Gasteiger partial charge in [0.1, 0.15) is 6.54 Å². The van der Waals surface area contributed by atoms with Gasteiger partial charge in [-0.15, -0.1) is 0 Å². The minimum Gasteiger partial charge on any atom is -0.476 e. The van der Waals surface area contributed by atoms with Crippen molar-refractivity contribution in [2.24, 2.45) is 5.14 Å². The van der Waals surface area contributed by atoms with E-state index in [1.165, 1.54) is 24.3 Å². The molecular formula is C23H20N4O6S. The van der Waals surface area contributed by atoms with Gasteiger partial charge >= 0.3 is 5.97 Å². The van der Waals surface area contributed by atoms with E-state index in [9.17, 15) is 27.9 Å². The van der Waals surface area contributed by atoms with Crippen molar-refractivity contribution in [2.45, 2.75) is 25.3 Å². The Hall–Kier alpha value is -4.09. The summed E-state index contributed by atoms with van der Waals surface area (Å²) < 4.78 is 25.7. The van der Waals surface area contributed by atoms with Crippen molar-refractivity contribution < 1.29 is 23.1 Å². The molecular weight excluding hydrogens is 460 g/mol. The number of aromatic nitrogens is 3. The first-order valence-corrected chi connectivity index (χ1v) is 11.6. The molecule has 0 spiro atoms. The van der Waals surface area contributed by atoms with Gasteiger partial charge < -0.3 is 9.67 Å². The lowest BCUT2D eigenvalue weighted by atomic mass is 10.1. The predicted molar refractivity (Wildman–Crippen MR) is 124 cm³/mol. The van der Waals surface area contributed by atoms with Crippen molar-refractivity contribution >= 4 is 32.5 Å². The molecule has 2 heterocycles. The second-order valence-corrected chi connectivity index (χ2v) is 9.31. The summed E-state index contributed by atoms with van der Waals surface area (Å²) in [6, 6.07) is 13.7. The molecule has 0 unspecified atom stereocenters. The summed E-state index contributed by atoms with van der Waals surface area (Å²) in [7, 11) is -3.84. The minimum atomic E-state index is -3.84. The fourth-order valence-corrected chi connectivity index (χ4v) is 4.46. The molecule has 0 bridgehead atoms. The van der Waals surface area contributed by atoms with Crippen molar-refractivity contribution in [1.82, 2.24) is 14.3 Å². The second kappa shape index (κ2) is 8.36. The molecule has 10 nitrogen and oxygen atoms in total. The van der Waals surface area contributed by atoms with Gasteiger partial charge in [0.2, 0.25) is 10.0 Å². The van der Waals surface area contributed by atoms with Crippen LogP contribution in [0.1, 0.15) is 32.2 Å². The summed E-state index contributed by atoms with van der Waals surface area (Å²) in [5.41, 5.74) is 1.33. The number of carboxylic acid groups (broad SMARTS) is 1. The van der Waals surface area contributed by atoms with Gasteiger partial charge in [0.05, 0.1) is 10.3 Å². The smallest absolute Gasteiger partial charge is 0.357 e. The lowest BCUT2D eigenvalue weighted by molar-refractivity contribution is 0.0688. The van der Waals surface area contributed by atoms with Crippen LogP contribution in [0.3, 0.4) is 0 Å². The Labute approximate surface area is 193 Å². The molecule has 0 saturated carbocycles. The average molecular weight is 481 g/mol. The summed E-state index contributed by atoms with van der Waals surface area (Å²) in [4.78, 5) is 37.6. The quantitative estimate of drug-likeness (QED) is 0.400. The van der Waals surface area contributed by atoms with E-state index in [1.54, 1.807) is 48.7 Å². The molecule has 0 aliphatic heterocycles. The van der Waals surface area contributed by atoms with Crippen LogP contribution in [0, 0.1) is 13.8 Å². The van der Waals surface area contributed by atoms with E-state index in [2.05, 4.69) is 5.10 Å². The highest BCUT2D eigenvalue weighted by molar-refractivity contribution is 7.89. The number of carbonyl (C=O) groups excluding carboxylic acids is 1. The number of fused-ring (bicyclic) bond motifs is 1. The molecule has 174 valence electrons. The van der Waals surface area contributed by atoms with E-state index >= 15 is 0 Å². The molecule has 0 saturated heterocycles. The summed E-state index contributed by atoms with van der Waals surface area (Å²) >= 11 is 0. The summed E-state index contributed by atoms with van der Waals surface area (Å²) in [6.07, 6.45) is 0. The number of sulfonamides is 1. The first kappa shape index (κ1) is 23.1. The maximum Gasteiger partial charge on any atom is 0.357 e. The second-order valence-electron chi connectivity index (χ2n) is 7.74. The number of Topliss-reactive ketones (excluding diaryl/α,β-unsaturated/α-hetero) is 1. The van der Waals surface area contributed by atoms with Gasteiger partial charge in [0.15, 0.2) is 11.5 Å². The van der Waals surface area contributed by atoms with Crippen molar-refractivity contribution in [3.8, 4) is 5.69 Å². The van der Waals surface area contributed by atoms with Crippen LogP contribution in [0.2, 0.25) is 0 Å². The van der Waals surface area contributed by atoms with E-state index in [0.29, 0.717) is 22.6 Å². The Balaban J connectivity index is 1.73. The number of nitrogens with zero attached hydrogens (tertiary/aromatic N) is 3. The molecule has 11 heteroatoms. The zero-order valence-electron chi connectivity index (χ0n) is 18.2. The Morgan fingerprint density at radius 1 is 1.03 bits per heavy atom. The molecule has 0 fully saturated rings. The van der Waals surface area contributed by atoms with E-state index in [-0.39, 0.29) is 21.4 Å². The van der Waals surface area contributed by atoms with Crippen molar-refractivity contribution in [3.63, 3.8) is 0 Å². The zero-order valence-corrected chi connectivity index (χ0v) is 19.0. The highest BCUT2D eigenvalue weighted by Gasteiger charge is 2.21. The number of carbonyl (C=O) groups is 2. The standard InChI is InChI=1S/C23H20N4O6S/c1-13-11-19(14(2)27(13)15-7-9-16(10-8-15)34(24,32)33)20(28)12-26-22(29)18-6-4-3-5-17(18)21(25-26)23(30)31/h3-11H,12H2,1-2H3,(H,30,31)(H2,24,32,33). The third kappa shape index (κ3) is 4.02. The van der Waals surface area contributed by atoms with Crippen molar-refractivity contribution in [3.05, 3.63) is 87.6 Å². The summed E-state index contributed by atoms with van der Waals surface area (Å²) in [6.45, 7) is 3.05. The maximum atomic E-state index is 13.1. The van der Waals surface area contributed by atoms with Gasteiger partial charge in [0.25, 0.3) is 5.56 Å². The van der Waals surface area contributed by atoms with Crippen LogP contribution >= 0.6 is 0 Å². The highest BCUT2D eigenvalue weighted by atomic mass is 32.2. The topological polar surface area (TPSA) is 154 Å². The number of primary sulfonamides is 1. The lowest BCUT2D eigenvalue weighted by Gasteiger charge is -2.11. The van der Waals surface area contributed by atoms with E-state index in [4.69, 9.17) is 5.14 Å². The Kier molecular flexibility index (Phi) is 5.67. The first-order chi connectivity index (χ1) is 16.0. The molecule has 2 aromatic heterocycles. The SMILES string of the molecule is Cc1cc(C(=O)Cn2nc(C(=O)O)c3ccccc3c2=O)c(C)n1-c1ccc(S(N)(=O)=O)cc1. The van der Waals surface area contributed by atoms with E-state index in [1.807, 2.05) is 0 Å². The lowest BCUT2D eigenvalue weighted by Crippen LogP contribution is -2.29. The Morgan fingerprint density at radius 3 is 2.24 bits per heavy atom. The largest absolute Gasteiger partial charge is 0.476 e. The van der Waals surface area contributed by atoms with E-state index in [0.717, 1.165) is 4.68 Å². The Morgan fingerprint density at radius 2 is 1.65 bits per heavy atom. The normalized spacial score (nSPS) is 11.6. The first-order valence-electron chi connectivity index (χ1n) is 10.1. The van der Waals surface area contributed by atoms with Crippen molar-refractivity contribution in [1.29, 1.82) is 0 Å². The highest BCUT2D eigenvalue weighted by Crippen LogP contribution is 2.23. The number of aromatic carboxylic acids is 1. The monoisotopic (exact) mass is 480 g/mol. The number of hydrogen-bond donors (Lipinski definition) is 2. The summed E-state index contributed by atoms with van der Waals surface area (Å²) in [5.74, 6) is -1.74. The van der Waals surface area contributed by atoms with Gasteiger partial charge in [-0.1, -0.05) is 18.2 Å². The molecule has 0 radical (unpaired) electrons. The van der Waals surface area contributed by atoms with Crippen LogP contribution in [-0.2, 0) is 16.6 Å². The average Bonchev–Trinajstić information content (AvgIpc) is 3.09. The van der Waals surface area contributed by atoms with Crippen LogP contribution in [0.15, 0.2) is 64.3 Å². The molecule has 3 N–H and O–H groups in total. The number of ketones is 1. The van der Waals surface area contributed by atoms with Crippen LogP contribution in [0.5, 0.6) is 0 Å². The predicted octanol–water partition coefficient (Wildman–Crippen LogP) is 2.03. The molecule has 2 aromatic carbocycles. The number of benzene rings is 2. The van der Waals surface area contributed by atoms with E-state index < -0.39 is 33.9 Å². The van der Waals surface area contributed by atoms with Gasteiger partial charge in [-0.25, -0.2) is 23.0 Å². The Bertz CT molecular complexity index is 1630. The maximum absolute atomic E-state index is 13.1. The van der Waals surface area contributed by atoms with Crippen LogP contribution in [-0.4, -0.2) is 39.6 Å².